The predicted octanol–water partition coefficient (Wildman–Crippen LogP) is 1.10. The van der Waals surface area contributed by atoms with Gasteiger partial charge in [-0.25, -0.2) is 0 Å². The van der Waals surface area contributed by atoms with E-state index in [0.717, 1.165) is 49.5 Å². The van der Waals surface area contributed by atoms with E-state index in [4.69, 9.17) is 23.7 Å². The van der Waals surface area contributed by atoms with Gasteiger partial charge < -0.3 is 45.6 Å². The first kappa shape index (κ1) is 30.3. The molecule has 0 amide bonds. The Morgan fingerprint density at radius 3 is 2.12 bits per heavy atom. The zero-order valence-electron chi connectivity index (χ0n) is 23.9. The van der Waals surface area contributed by atoms with E-state index in [0.29, 0.717) is 0 Å². The molecule has 1 aliphatic rings. The first-order chi connectivity index (χ1) is 19.0. The van der Waals surface area contributed by atoms with Gasteiger partial charge in [-0.15, -0.1) is 0 Å². The second kappa shape index (κ2) is 11.7. The molecule has 3 heterocycles. The average molecular weight is 630 g/mol. The monoisotopic (exact) mass is 628 g/mol. The maximum Gasteiger partial charge on any atom is 0.304 e. The molecule has 5 atom stereocenters. The van der Waals surface area contributed by atoms with Crippen LogP contribution in [0.1, 0.15) is 45.0 Å². The number of fused-ring (bicyclic) bond motifs is 4. The number of pyridine rings is 1. The van der Waals surface area contributed by atoms with Gasteiger partial charge in [0.25, 0.3) is 0 Å². The number of carbonyl (C=O) groups is 3. The Morgan fingerprint density at radius 2 is 1.49 bits per heavy atom. The Bertz CT molecular complexity index is 1670. The Hall–Kier alpha value is -3.70. The number of aryl methyl sites for hydroxylation is 2. The summed E-state index contributed by atoms with van der Waals surface area (Å²) in [6.07, 6.45) is -0.857. The van der Waals surface area contributed by atoms with Gasteiger partial charge in [-0.1, -0.05) is 0 Å². The number of hydrogen-bond acceptors (Lipinski definition) is 8. The van der Waals surface area contributed by atoms with E-state index < -0.39 is 48.6 Å². The van der Waals surface area contributed by atoms with Gasteiger partial charge in [-0.2, -0.15) is 4.57 Å². The molecule has 0 saturated carbocycles. The van der Waals surface area contributed by atoms with Gasteiger partial charge in [0.2, 0.25) is 6.10 Å². The van der Waals surface area contributed by atoms with Crippen molar-refractivity contribution >= 4 is 50.5 Å². The fraction of sp³-hybridized carbons (Fsp3) is 0.400. The first-order valence-corrected chi connectivity index (χ1v) is 13.1. The minimum absolute atomic E-state index is 0. The number of halogens is 1. The number of aromatic amines is 1. The lowest BCUT2D eigenvalue weighted by Crippen LogP contribution is -3.00. The molecule has 5 rings (SSSR count). The molecule has 0 aliphatic carbocycles. The van der Waals surface area contributed by atoms with Crippen LogP contribution in [0.15, 0.2) is 36.7 Å². The third kappa shape index (κ3) is 5.48. The van der Waals surface area contributed by atoms with Gasteiger partial charge in [0.1, 0.15) is 11.9 Å². The summed E-state index contributed by atoms with van der Waals surface area (Å²) in [5.41, 5.74) is 4.18. The van der Waals surface area contributed by atoms with E-state index in [1.54, 1.807) is 18.6 Å². The van der Waals surface area contributed by atoms with Gasteiger partial charge in [-0.05, 0) is 55.5 Å². The van der Waals surface area contributed by atoms with Crippen molar-refractivity contribution in [1.82, 2.24) is 4.98 Å². The lowest BCUT2D eigenvalue weighted by molar-refractivity contribution is -0.776. The topological polar surface area (TPSA) is 117 Å². The van der Waals surface area contributed by atoms with Gasteiger partial charge in [0.05, 0.1) is 12.6 Å². The number of hydrogen-bond donors (Lipinski definition) is 1. The van der Waals surface area contributed by atoms with Crippen molar-refractivity contribution < 1.29 is 59.6 Å². The summed E-state index contributed by atoms with van der Waals surface area (Å²) in [5.74, 6) is -0.989. The lowest BCUT2D eigenvalue weighted by atomic mass is 9.95. The zero-order chi connectivity index (χ0) is 28.9. The summed E-state index contributed by atoms with van der Waals surface area (Å²) >= 11 is 0. The molecule has 0 radical (unpaired) electrons. The summed E-state index contributed by atoms with van der Waals surface area (Å²) in [6, 6.07) is 7.94. The molecular weight excluding hydrogens is 596 g/mol. The highest BCUT2D eigenvalue weighted by Crippen LogP contribution is 2.38. The van der Waals surface area contributed by atoms with E-state index in [1.165, 1.54) is 20.8 Å². The molecule has 1 saturated heterocycles. The fourth-order valence-electron chi connectivity index (χ4n) is 5.76. The molecule has 0 unspecified atom stereocenters. The van der Waals surface area contributed by atoms with E-state index in [1.807, 2.05) is 36.7 Å². The van der Waals surface area contributed by atoms with E-state index in [2.05, 4.69) is 18.8 Å². The van der Waals surface area contributed by atoms with Crippen molar-refractivity contribution in [2.45, 2.75) is 72.2 Å². The van der Waals surface area contributed by atoms with Crippen LogP contribution in [0.25, 0.3) is 32.6 Å². The molecule has 1 fully saturated rings. The highest BCUT2D eigenvalue weighted by atomic mass is 79.9. The Balaban J connectivity index is 0.00000387. The van der Waals surface area contributed by atoms with E-state index in [-0.39, 0.29) is 17.0 Å². The number of esters is 3. The molecular formula is C30H33BrN2O8. The maximum atomic E-state index is 12.2. The van der Waals surface area contributed by atoms with Crippen LogP contribution in [0.4, 0.5) is 0 Å². The number of aromatic nitrogens is 2. The van der Waals surface area contributed by atoms with Crippen LogP contribution in [0.2, 0.25) is 0 Å². The van der Waals surface area contributed by atoms with Crippen molar-refractivity contribution in [2.75, 3.05) is 7.11 Å². The molecule has 41 heavy (non-hydrogen) atoms. The molecule has 1 N–H and O–H groups in total. The summed E-state index contributed by atoms with van der Waals surface area (Å²) in [6.45, 7) is 9.63. The van der Waals surface area contributed by atoms with Crippen molar-refractivity contribution in [3.63, 3.8) is 0 Å². The number of H-pyrrole nitrogens is 1. The quantitative estimate of drug-likeness (QED) is 0.198. The number of benzene rings is 2. The molecule has 218 valence electrons. The number of methoxy groups -OCH3 is 1. The van der Waals surface area contributed by atoms with E-state index in [9.17, 15) is 14.4 Å². The number of carbonyl (C=O) groups excluding carboxylic acids is 3. The van der Waals surface area contributed by atoms with Gasteiger partial charge in [0, 0.05) is 48.5 Å². The zero-order valence-corrected chi connectivity index (χ0v) is 25.5. The van der Waals surface area contributed by atoms with Crippen LogP contribution < -0.4 is 26.3 Å². The van der Waals surface area contributed by atoms with Crippen molar-refractivity contribution in [1.29, 1.82) is 0 Å². The second-order valence-corrected chi connectivity index (χ2v) is 10.2. The first-order valence-electron chi connectivity index (χ1n) is 13.1. The highest BCUT2D eigenvalue weighted by molar-refractivity contribution is 6.16. The summed E-state index contributed by atoms with van der Waals surface area (Å²) in [4.78, 5) is 39.7. The molecule has 1 aliphatic heterocycles. The molecule has 11 heteroatoms. The third-order valence-electron chi connectivity index (χ3n) is 7.49. The number of nitrogens with one attached hydrogen (secondary N) is 1. The van der Waals surface area contributed by atoms with Crippen LogP contribution in [-0.4, -0.2) is 54.4 Å². The normalized spacial score (nSPS) is 22.3. The predicted molar refractivity (Wildman–Crippen MR) is 146 cm³/mol. The van der Waals surface area contributed by atoms with Gasteiger partial charge in [0.15, 0.2) is 24.6 Å². The molecule has 4 aromatic rings. The summed E-state index contributed by atoms with van der Waals surface area (Å²) in [5, 5.41) is 4.15. The van der Waals surface area contributed by atoms with Crippen molar-refractivity contribution in [3.8, 4) is 5.75 Å². The molecule has 2 aromatic carbocycles. The van der Waals surface area contributed by atoms with Gasteiger partial charge >= 0.3 is 24.1 Å². The molecule has 2 aromatic heterocycles. The van der Waals surface area contributed by atoms with Crippen molar-refractivity contribution in [2.24, 2.45) is 0 Å². The molecule has 0 bridgehead atoms. The van der Waals surface area contributed by atoms with E-state index >= 15 is 0 Å². The summed E-state index contributed by atoms with van der Waals surface area (Å²) in [7, 11) is 1.65. The number of ether oxygens (including phenoxy) is 5. The summed E-state index contributed by atoms with van der Waals surface area (Å²) < 4.78 is 30.3. The Labute approximate surface area is 247 Å². The Kier molecular flexibility index (Phi) is 8.60. The lowest BCUT2D eigenvalue weighted by Gasteiger charge is -2.41. The van der Waals surface area contributed by atoms with Crippen LogP contribution in [0.3, 0.4) is 0 Å². The third-order valence-corrected chi connectivity index (χ3v) is 7.49. The average Bonchev–Trinajstić information content (AvgIpc) is 3.29. The standard InChI is InChI=1S/C30H32N2O8.BrH/c1-14-23-13-32(11-10-21(23)15(2)26-25(14)22-12-20(36-7)8-9-24(22)31-26)30-29(40-19(6)35)28(39-18(5)34)27(16(3)37-30)38-17(4)33;/h8-13,16,27-30H,1-7H3;1H/t16-,27+,28+,29-,30-;/m0./s1. The van der Waals surface area contributed by atoms with Crippen LogP contribution in [-0.2, 0) is 33.3 Å². The largest absolute Gasteiger partial charge is 1.00 e. The van der Waals surface area contributed by atoms with Crippen LogP contribution >= 0.6 is 0 Å². The minimum atomic E-state index is -1.08. The maximum absolute atomic E-state index is 12.2. The minimum Gasteiger partial charge on any atom is -1.00 e. The fourth-order valence-corrected chi connectivity index (χ4v) is 5.76. The Morgan fingerprint density at radius 1 is 0.854 bits per heavy atom. The van der Waals surface area contributed by atoms with Gasteiger partial charge in [-0.3, -0.25) is 14.4 Å². The van der Waals surface area contributed by atoms with Crippen LogP contribution in [0.5, 0.6) is 5.75 Å². The van der Waals surface area contributed by atoms with Crippen molar-refractivity contribution in [3.05, 3.63) is 47.8 Å². The van der Waals surface area contributed by atoms with Crippen LogP contribution in [0, 0.1) is 13.8 Å². The highest BCUT2D eigenvalue weighted by Gasteiger charge is 2.54. The smallest absolute Gasteiger partial charge is 0.304 e. The SMILES string of the molecule is COc1ccc2[nH]c3c(C)c4cc[n+]([C@H]5O[C@@H](C)[C@@H](OC(C)=O)[C@@H](OC(C)=O)[C@@H]5OC(C)=O)cc4c(C)c3c2c1.[Br-]. The number of rotatable bonds is 5. The molecule has 0 spiro atoms. The second-order valence-electron chi connectivity index (χ2n) is 10.2. The number of nitrogens with zero attached hydrogens (tertiary/aromatic N) is 1. The molecule has 10 nitrogen and oxygen atoms in total.